The highest BCUT2D eigenvalue weighted by atomic mass is 16.5. The Morgan fingerprint density at radius 2 is 2.03 bits per heavy atom. The molecule has 1 aliphatic heterocycles. The smallest absolute Gasteiger partial charge is 0.303 e. The van der Waals surface area contributed by atoms with Gasteiger partial charge in [0, 0.05) is 55.0 Å². The van der Waals surface area contributed by atoms with E-state index in [2.05, 4.69) is 26.9 Å². The molecule has 1 aromatic carbocycles. The third-order valence-corrected chi connectivity index (χ3v) is 6.70. The molecular formula is C26H28N4O4. The molecule has 34 heavy (non-hydrogen) atoms. The summed E-state index contributed by atoms with van der Waals surface area (Å²) in [6.45, 7) is 5.08. The molecule has 4 atom stereocenters. The van der Waals surface area contributed by atoms with Gasteiger partial charge in [-0.2, -0.15) is 0 Å². The second-order valence-electron chi connectivity index (χ2n) is 9.22. The number of nitrogens with zero attached hydrogens (tertiary/aromatic N) is 4. The van der Waals surface area contributed by atoms with Crippen LogP contribution >= 0.6 is 0 Å². The van der Waals surface area contributed by atoms with E-state index in [0.717, 1.165) is 42.9 Å². The van der Waals surface area contributed by atoms with Gasteiger partial charge in [0.25, 0.3) is 0 Å². The van der Waals surface area contributed by atoms with Crippen molar-refractivity contribution >= 4 is 5.97 Å². The third-order valence-electron chi connectivity index (χ3n) is 6.70. The van der Waals surface area contributed by atoms with Crippen LogP contribution in [0.1, 0.15) is 43.0 Å². The Bertz CT molecular complexity index is 1210. The van der Waals surface area contributed by atoms with E-state index in [9.17, 15) is 9.90 Å². The summed E-state index contributed by atoms with van der Waals surface area (Å²) >= 11 is 0. The fourth-order valence-electron chi connectivity index (χ4n) is 4.87. The van der Waals surface area contributed by atoms with Crippen molar-refractivity contribution < 1.29 is 19.5 Å². The lowest BCUT2D eigenvalue weighted by atomic mass is 10.1. The first-order valence-corrected chi connectivity index (χ1v) is 11.7. The number of hydrogen-bond acceptors (Lipinski definition) is 6. The first kappa shape index (κ1) is 22.4. The van der Waals surface area contributed by atoms with Crippen LogP contribution in [0.5, 0.6) is 0 Å². The zero-order valence-corrected chi connectivity index (χ0v) is 19.1. The standard InChI is InChI=1S/C26H28N4O4/c1-17(31)26-27-10-12-30(26)14-20-13-24(28-34-20)19-7-4-18(5-8-19)6-9-21-22-15-29(16-23(21)22)11-2-3-25(32)33/h4-5,7-8,10,12-13,17,21-23,31H,2-3,11,14-16H2,1H3,(H,32,33)/t17-,21-,22-,23+/m0/s1. The predicted octanol–water partition coefficient (Wildman–Crippen LogP) is 3.03. The van der Waals surface area contributed by atoms with Crippen LogP contribution in [0.15, 0.2) is 47.2 Å². The summed E-state index contributed by atoms with van der Waals surface area (Å²) in [5.41, 5.74) is 2.70. The molecule has 1 saturated heterocycles. The molecule has 0 spiro atoms. The van der Waals surface area contributed by atoms with Crippen LogP contribution in [0.4, 0.5) is 0 Å². The molecule has 2 fully saturated rings. The Labute approximate surface area is 198 Å². The lowest BCUT2D eigenvalue weighted by Crippen LogP contribution is -2.25. The van der Waals surface area contributed by atoms with E-state index in [4.69, 9.17) is 9.63 Å². The molecule has 8 nitrogen and oxygen atoms in total. The van der Waals surface area contributed by atoms with Gasteiger partial charge in [-0.3, -0.25) is 4.79 Å². The van der Waals surface area contributed by atoms with E-state index >= 15 is 0 Å². The van der Waals surface area contributed by atoms with Crippen molar-refractivity contribution in [1.82, 2.24) is 19.6 Å². The van der Waals surface area contributed by atoms with Gasteiger partial charge in [0.15, 0.2) is 5.76 Å². The van der Waals surface area contributed by atoms with Crippen LogP contribution in [0, 0.1) is 29.6 Å². The van der Waals surface area contributed by atoms with E-state index in [1.165, 1.54) is 0 Å². The quantitative estimate of drug-likeness (QED) is 0.498. The molecule has 0 unspecified atom stereocenters. The van der Waals surface area contributed by atoms with Crippen molar-refractivity contribution in [3.05, 3.63) is 59.9 Å². The average Bonchev–Trinajstić information content (AvgIpc) is 3.30. The molecule has 176 valence electrons. The normalized spacial score (nSPS) is 22.1. The number of piperidine rings is 1. The van der Waals surface area contributed by atoms with Crippen LogP contribution in [-0.4, -0.2) is 55.4 Å². The molecule has 0 bridgehead atoms. The van der Waals surface area contributed by atoms with Crippen LogP contribution < -0.4 is 0 Å². The topological polar surface area (TPSA) is 105 Å². The molecule has 0 radical (unpaired) electrons. The molecule has 3 aromatic rings. The fraction of sp³-hybridized carbons (Fsp3) is 0.423. The van der Waals surface area contributed by atoms with Gasteiger partial charge in [0.2, 0.25) is 0 Å². The minimum atomic E-state index is -0.719. The second-order valence-corrected chi connectivity index (χ2v) is 9.22. The maximum absolute atomic E-state index is 10.7. The molecule has 2 N–H and O–H groups in total. The number of carbonyl (C=O) groups is 1. The number of imidazole rings is 1. The number of aromatic nitrogens is 3. The summed E-state index contributed by atoms with van der Waals surface area (Å²) in [4.78, 5) is 17.2. The van der Waals surface area contributed by atoms with Gasteiger partial charge >= 0.3 is 5.97 Å². The number of carboxylic acids is 1. The van der Waals surface area contributed by atoms with Gasteiger partial charge in [0.05, 0.1) is 6.54 Å². The summed E-state index contributed by atoms with van der Waals surface area (Å²) in [6, 6.07) is 9.92. The van der Waals surface area contributed by atoms with Crippen molar-refractivity contribution in [3.8, 4) is 23.1 Å². The monoisotopic (exact) mass is 460 g/mol. The van der Waals surface area contributed by atoms with Gasteiger partial charge in [-0.05, 0) is 43.9 Å². The van der Waals surface area contributed by atoms with Crippen LogP contribution in [0.3, 0.4) is 0 Å². The number of likely N-dealkylation sites (tertiary alicyclic amines) is 1. The maximum Gasteiger partial charge on any atom is 0.303 e. The Balaban J connectivity index is 1.14. The average molecular weight is 461 g/mol. The summed E-state index contributed by atoms with van der Waals surface area (Å²) in [7, 11) is 0. The van der Waals surface area contributed by atoms with Crippen LogP contribution in [0.2, 0.25) is 0 Å². The number of fused-ring (bicyclic) bond motifs is 1. The number of rotatable bonds is 8. The summed E-state index contributed by atoms with van der Waals surface area (Å²) in [5, 5.41) is 22.8. The maximum atomic E-state index is 10.7. The number of aliphatic carboxylic acids is 1. The summed E-state index contributed by atoms with van der Waals surface area (Å²) in [6.07, 6.45) is 3.78. The minimum Gasteiger partial charge on any atom is -0.481 e. The molecule has 1 saturated carbocycles. The van der Waals surface area contributed by atoms with Gasteiger partial charge in [-0.25, -0.2) is 4.98 Å². The number of aliphatic hydroxyl groups excluding tert-OH is 1. The van der Waals surface area contributed by atoms with E-state index in [1.807, 2.05) is 41.1 Å². The fourth-order valence-corrected chi connectivity index (χ4v) is 4.87. The SMILES string of the molecule is C[C@H](O)c1nccn1Cc1cc(-c2ccc(C#C[C@@H]3[C@H]4CN(CCCC(=O)O)C[C@@H]34)cc2)no1. The highest BCUT2D eigenvalue weighted by Crippen LogP contribution is 2.51. The molecular weight excluding hydrogens is 432 g/mol. The first-order valence-electron chi connectivity index (χ1n) is 11.7. The molecule has 0 amide bonds. The molecule has 1 aliphatic carbocycles. The van der Waals surface area contributed by atoms with Crippen molar-refractivity contribution in [2.75, 3.05) is 19.6 Å². The highest BCUT2D eigenvalue weighted by Gasteiger charge is 2.54. The third kappa shape index (κ3) is 4.91. The zero-order valence-electron chi connectivity index (χ0n) is 19.1. The van der Waals surface area contributed by atoms with Crippen LogP contribution in [0.25, 0.3) is 11.3 Å². The Hall–Kier alpha value is -3.41. The van der Waals surface area contributed by atoms with E-state index in [1.54, 1.807) is 13.1 Å². The van der Waals surface area contributed by atoms with Gasteiger partial charge < -0.3 is 24.2 Å². The molecule has 2 aromatic heterocycles. The second kappa shape index (κ2) is 9.45. The Kier molecular flexibility index (Phi) is 6.22. The van der Waals surface area contributed by atoms with Crippen molar-refractivity contribution in [1.29, 1.82) is 0 Å². The van der Waals surface area contributed by atoms with E-state index in [-0.39, 0.29) is 6.42 Å². The van der Waals surface area contributed by atoms with Gasteiger partial charge in [-0.15, -0.1) is 0 Å². The van der Waals surface area contributed by atoms with E-state index < -0.39 is 12.1 Å². The lowest BCUT2D eigenvalue weighted by molar-refractivity contribution is -0.137. The van der Waals surface area contributed by atoms with E-state index in [0.29, 0.717) is 35.9 Å². The largest absolute Gasteiger partial charge is 0.481 e. The number of hydrogen-bond donors (Lipinski definition) is 2. The molecule has 5 rings (SSSR count). The van der Waals surface area contributed by atoms with Crippen molar-refractivity contribution in [2.45, 2.75) is 32.4 Å². The lowest BCUT2D eigenvalue weighted by Gasteiger charge is -2.17. The summed E-state index contributed by atoms with van der Waals surface area (Å²) < 4.78 is 7.33. The zero-order chi connectivity index (χ0) is 23.7. The minimum absolute atomic E-state index is 0.245. The van der Waals surface area contributed by atoms with Crippen molar-refractivity contribution in [3.63, 3.8) is 0 Å². The van der Waals surface area contributed by atoms with Gasteiger partial charge in [0.1, 0.15) is 17.6 Å². The molecule has 3 heterocycles. The number of aliphatic hydroxyl groups is 1. The molecule has 8 heteroatoms. The number of benzene rings is 1. The Morgan fingerprint density at radius 3 is 2.74 bits per heavy atom. The summed E-state index contributed by atoms with van der Waals surface area (Å²) in [5.74, 6) is 9.04. The van der Waals surface area contributed by atoms with Crippen LogP contribution in [-0.2, 0) is 11.3 Å². The van der Waals surface area contributed by atoms with Crippen molar-refractivity contribution in [2.24, 2.45) is 17.8 Å². The van der Waals surface area contributed by atoms with Gasteiger partial charge in [-0.1, -0.05) is 29.1 Å². The Morgan fingerprint density at radius 1 is 1.26 bits per heavy atom. The first-order chi connectivity index (χ1) is 16.5. The highest BCUT2D eigenvalue weighted by molar-refractivity contribution is 5.66. The molecule has 2 aliphatic rings. The number of carboxylic acid groups (broad SMARTS) is 1. The predicted molar refractivity (Wildman–Crippen MR) is 125 cm³/mol.